The molecule has 1 unspecified atom stereocenters. The van der Waals surface area contributed by atoms with Gasteiger partial charge in [0.15, 0.2) is 0 Å². The number of thioether (sulfide) groups is 1. The number of rotatable bonds is 3. The standard InChI is InChI=1S/C19H23F2N5S/c1-25-18(11-5-7-12(22)8-6-11)15(9-24-25)26-10-16(23)27-19(26)17-13(20)3-2-4-14(17)21/h2-4,9-12,19H,5-8,22-23H2,1H3. The van der Waals surface area contributed by atoms with Crippen LogP contribution in [0.1, 0.15) is 48.2 Å². The molecule has 1 aromatic heterocycles. The van der Waals surface area contributed by atoms with Crippen molar-refractivity contribution in [2.75, 3.05) is 4.90 Å². The van der Waals surface area contributed by atoms with Crippen LogP contribution in [0.5, 0.6) is 0 Å². The molecule has 1 saturated carbocycles. The van der Waals surface area contributed by atoms with Gasteiger partial charge in [-0.1, -0.05) is 17.8 Å². The second-order valence-electron chi connectivity index (χ2n) is 7.19. The maximum atomic E-state index is 14.4. The molecule has 4 N–H and O–H groups in total. The Morgan fingerprint density at radius 2 is 1.81 bits per heavy atom. The van der Waals surface area contributed by atoms with E-state index in [0.717, 1.165) is 37.1 Å². The molecule has 1 aliphatic heterocycles. The van der Waals surface area contributed by atoms with Gasteiger partial charge in [0.25, 0.3) is 0 Å². The zero-order chi connectivity index (χ0) is 19.1. The molecule has 1 atom stereocenters. The summed E-state index contributed by atoms with van der Waals surface area (Å²) in [5.74, 6) is -0.831. The third-order valence-electron chi connectivity index (χ3n) is 5.41. The summed E-state index contributed by atoms with van der Waals surface area (Å²) in [5.41, 5.74) is 14.0. The normalized spacial score (nSPS) is 25.7. The van der Waals surface area contributed by atoms with E-state index in [1.807, 2.05) is 16.6 Å². The second kappa shape index (κ2) is 7.16. The molecule has 144 valence electrons. The first-order valence-electron chi connectivity index (χ1n) is 9.09. The van der Waals surface area contributed by atoms with Crippen LogP contribution in [0.25, 0.3) is 0 Å². The zero-order valence-electron chi connectivity index (χ0n) is 15.1. The molecular weight excluding hydrogens is 368 g/mol. The lowest BCUT2D eigenvalue weighted by Gasteiger charge is -2.30. The summed E-state index contributed by atoms with van der Waals surface area (Å²) >= 11 is 1.24. The topological polar surface area (TPSA) is 73.1 Å². The van der Waals surface area contributed by atoms with Crippen molar-refractivity contribution in [1.82, 2.24) is 9.78 Å². The van der Waals surface area contributed by atoms with E-state index in [-0.39, 0.29) is 11.6 Å². The first kappa shape index (κ1) is 18.3. The number of anilines is 1. The maximum absolute atomic E-state index is 14.4. The summed E-state index contributed by atoms with van der Waals surface area (Å²) in [6, 6.07) is 4.17. The van der Waals surface area contributed by atoms with Crippen molar-refractivity contribution in [2.45, 2.75) is 43.0 Å². The Balaban J connectivity index is 1.74. The van der Waals surface area contributed by atoms with Crippen molar-refractivity contribution < 1.29 is 8.78 Å². The first-order chi connectivity index (χ1) is 13.0. The van der Waals surface area contributed by atoms with Crippen LogP contribution in [-0.4, -0.2) is 15.8 Å². The van der Waals surface area contributed by atoms with Crippen LogP contribution in [-0.2, 0) is 7.05 Å². The van der Waals surface area contributed by atoms with Gasteiger partial charge in [-0.2, -0.15) is 5.10 Å². The highest BCUT2D eigenvalue weighted by molar-refractivity contribution is 8.03. The summed E-state index contributed by atoms with van der Waals surface area (Å²) in [6.07, 6.45) is 7.39. The van der Waals surface area contributed by atoms with Gasteiger partial charge in [0.05, 0.1) is 28.2 Å². The monoisotopic (exact) mass is 391 g/mol. The van der Waals surface area contributed by atoms with Crippen LogP contribution in [0.15, 0.2) is 35.6 Å². The molecule has 2 aromatic rings. The Bertz CT molecular complexity index is 853. The fourth-order valence-corrected chi connectivity index (χ4v) is 5.12. The quantitative estimate of drug-likeness (QED) is 0.835. The van der Waals surface area contributed by atoms with Crippen molar-refractivity contribution in [3.63, 3.8) is 0 Å². The van der Waals surface area contributed by atoms with Gasteiger partial charge < -0.3 is 16.4 Å². The molecule has 8 heteroatoms. The Kier molecular flexibility index (Phi) is 4.86. The van der Waals surface area contributed by atoms with E-state index >= 15 is 0 Å². The first-order valence-corrected chi connectivity index (χ1v) is 9.97. The molecule has 5 nitrogen and oxygen atoms in total. The van der Waals surface area contributed by atoms with Crippen molar-refractivity contribution in [3.8, 4) is 0 Å². The molecule has 0 saturated heterocycles. The summed E-state index contributed by atoms with van der Waals surface area (Å²) in [7, 11) is 1.91. The fourth-order valence-electron chi connectivity index (χ4n) is 4.06. The minimum atomic E-state index is -0.597. The zero-order valence-corrected chi connectivity index (χ0v) is 15.9. The highest BCUT2D eigenvalue weighted by atomic mass is 32.2. The fraction of sp³-hybridized carbons (Fsp3) is 0.421. The summed E-state index contributed by atoms with van der Waals surface area (Å²) in [4.78, 5) is 1.85. The van der Waals surface area contributed by atoms with Crippen molar-refractivity contribution in [3.05, 3.63) is 58.5 Å². The lowest BCUT2D eigenvalue weighted by atomic mass is 9.84. The molecule has 0 spiro atoms. The Labute approximate surface area is 161 Å². The molecule has 1 fully saturated rings. The van der Waals surface area contributed by atoms with E-state index < -0.39 is 17.0 Å². The molecule has 0 radical (unpaired) electrons. The molecule has 0 bridgehead atoms. The third-order valence-corrected chi connectivity index (χ3v) is 6.48. The van der Waals surface area contributed by atoms with Crippen LogP contribution in [0.3, 0.4) is 0 Å². The number of aryl methyl sites for hydroxylation is 1. The number of benzene rings is 1. The van der Waals surface area contributed by atoms with E-state index in [9.17, 15) is 8.78 Å². The number of halogens is 2. The SMILES string of the molecule is Cn1ncc(N2C=C(N)SC2c2c(F)cccc2F)c1C1CCC(N)CC1. The molecule has 1 aromatic carbocycles. The number of nitrogens with two attached hydrogens (primary N) is 2. The molecule has 1 aliphatic carbocycles. The van der Waals surface area contributed by atoms with Crippen molar-refractivity contribution >= 4 is 17.4 Å². The molecule has 2 aliphatic rings. The minimum Gasteiger partial charge on any atom is -0.392 e. The average Bonchev–Trinajstić information content (AvgIpc) is 3.18. The van der Waals surface area contributed by atoms with E-state index in [0.29, 0.717) is 10.9 Å². The summed E-state index contributed by atoms with van der Waals surface area (Å²) < 4.78 is 30.7. The smallest absolute Gasteiger partial charge is 0.132 e. The van der Waals surface area contributed by atoms with Gasteiger partial charge in [-0.15, -0.1) is 0 Å². The van der Waals surface area contributed by atoms with Gasteiger partial charge in [0, 0.05) is 25.2 Å². The van der Waals surface area contributed by atoms with Gasteiger partial charge in [-0.25, -0.2) is 8.78 Å². The predicted molar refractivity (Wildman–Crippen MR) is 104 cm³/mol. The van der Waals surface area contributed by atoms with Crippen LogP contribution >= 0.6 is 11.8 Å². The number of aromatic nitrogens is 2. The van der Waals surface area contributed by atoms with Crippen molar-refractivity contribution in [1.29, 1.82) is 0 Å². The van der Waals surface area contributed by atoms with E-state index in [1.54, 1.807) is 12.4 Å². The van der Waals surface area contributed by atoms with E-state index in [2.05, 4.69) is 5.10 Å². The predicted octanol–water partition coefficient (Wildman–Crippen LogP) is 3.69. The Morgan fingerprint density at radius 1 is 1.15 bits per heavy atom. The van der Waals surface area contributed by atoms with E-state index in [1.165, 1.54) is 30.0 Å². The maximum Gasteiger partial charge on any atom is 0.132 e. The van der Waals surface area contributed by atoms with Gasteiger partial charge in [-0.3, -0.25) is 4.68 Å². The molecule has 27 heavy (non-hydrogen) atoms. The van der Waals surface area contributed by atoms with Crippen LogP contribution in [0, 0.1) is 11.6 Å². The Hall–Kier alpha value is -2.06. The van der Waals surface area contributed by atoms with Gasteiger partial charge in [0.2, 0.25) is 0 Å². The largest absolute Gasteiger partial charge is 0.392 e. The number of hydrogen-bond donors (Lipinski definition) is 2. The van der Waals surface area contributed by atoms with E-state index in [4.69, 9.17) is 11.5 Å². The summed E-state index contributed by atoms with van der Waals surface area (Å²) in [6.45, 7) is 0. The molecule has 0 amide bonds. The minimum absolute atomic E-state index is 0.0136. The Morgan fingerprint density at radius 3 is 2.48 bits per heavy atom. The van der Waals surface area contributed by atoms with Gasteiger partial charge >= 0.3 is 0 Å². The van der Waals surface area contributed by atoms with Crippen LogP contribution in [0.2, 0.25) is 0 Å². The highest BCUT2D eigenvalue weighted by Gasteiger charge is 2.35. The number of nitrogens with zero attached hydrogens (tertiary/aromatic N) is 3. The van der Waals surface area contributed by atoms with Crippen LogP contribution in [0.4, 0.5) is 14.5 Å². The lowest BCUT2D eigenvalue weighted by molar-refractivity contribution is 0.382. The molecular formula is C19H23F2N5S. The summed E-state index contributed by atoms with van der Waals surface area (Å²) in [5, 5.41) is 4.35. The number of hydrogen-bond acceptors (Lipinski definition) is 5. The van der Waals surface area contributed by atoms with Crippen molar-refractivity contribution in [2.24, 2.45) is 18.5 Å². The van der Waals surface area contributed by atoms with Gasteiger partial charge in [-0.05, 0) is 37.8 Å². The molecule has 4 rings (SSSR count). The second-order valence-corrected chi connectivity index (χ2v) is 8.35. The molecule has 2 heterocycles. The third kappa shape index (κ3) is 3.32. The average molecular weight is 391 g/mol. The lowest BCUT2D eigenvalue weighted by Crippen LogP contribution is -2.27. The van der Waals surface area contributed by atoms with Crippen LogP contribution < -0.4 is 16.4 Å². The highest BCUT2D eigenvalue weighted by Crippen LogP contribution is 2.48. The van der Waals surface area contributed by atoms with Gasteiger partial charge in [0.1, 0.15) is 17.0 Å².